The van der Waals surface area contributed by atoms with Gasteiger partial charge in [0.2, 0.25) is 0 Å². The zero-order chi connectivity index (χ0) is 15.3. The third-order valence-electron chi connectivity index (χ3n) is 2.99. The highest BCUT2D eigenvalue weighted by Gasteiger charge is 2.17. The summed E-state index contributed by atoms with van der Waals surface area (Å²) in [4.78, 5) is 0. The van der Waals surface area contributed by atoms with Crippen LogP contribution < -0.4 is 5.32 Å². The second-order valence-electron chi connectivity index (χ2n) is 6.38. The number of aryl methyl sites for hydroxylation is 1. The van der Waals surface area contributed by atoms with Gasteiger partial charge >= 0.3 is 0 Å². The van der Waals surface area contributed by atoms with Gasteiger partial charge in [0.1, 0.15) is 6.04 Å². The molecule has 0 radical (unpaired) electrons. The number of nitrogens with zero attached hydrogens (tertiary/aromatic N) is 1. The fourth-order valence-electron chi connectivity index (χ4n) is 2.20. The normalized spacial score (nSPS) is 12.3. The van der Waals surface area contributed by atoms with Gasteiger partial charge in [0, 0.05) is 5.70 Å². The summed E-state index contributed by atoms with van der Waals surface area (Å²) in [6.07, 6.45) is 2.62. The van der Waals surface area contributed by atoms with Crippen LogP contribution in [-0.2, 0) is 0 Å². The van der Waals surface area contributed by atoms with Crippen molar-refractivity contribution in [3.63, 3.8) is 0 Å². The van der Waals surface area contributed by atoms with E-state index in [1.165, 1.54) is 0 Å². The van der Waals surface area contributed by atoms with Gasteiger partial charge < -0.3 is 5.32 Å². The molecule has 1 rings (SSSR count). The molecule has 1 aromatic carbocycles. The van der Waals surface area contributed by atoms with E-state index in [0.717, 1.165) is 28.8 Å². The van der Waals surface area contributed by atoms with E-state index >= 15 is 0 Å². The molecule has 2 heteroatoms. The molecule has 1 N–H and O–H groups in total. The first kappa shape index (κ1) is 16.0. The lowest BCUT2D eigenvalue weighted by Gasteiger charge is -2.23. The Hall–Kier alpha value is -2.01. The predicted molar refractivity (Wildman–Crippen MR) is 86.0 cm³/mol. The van der Waals surface area contributed by atoms with E-state index in [2.05, 4.69) is 45.3 Å². The van der Waals surface area contributed by atoms with Crippen molar-refractivity contribution in [2.24, 2.45) is 5.41 Å². The van der Waals surface area contributed by atoms with Crippen LogP contribution in [-0.4, -0.2) is 0 Å². The van der Waals surface area contributed by atoms with Crippen molar-refractivity contribution in [2.45, 2.75) is 40.2 Å². The van der Waals surface area contributed by atoms with Gasteiger partial charge in [-0.15, -0.1) is 0 Å². The second kappa shape index (κ2) is 6.43. The van der Waals surface area contributed by atoms with Crippen LogP contribution in [0.15, 0.2) is 37.1 Å². The molecule has 0 heterocycles. The average Bonchev–Trinajstić information content (AvgIpc) is 2.33. The van der Waals surface area contributed by atoms with Crippen molar-refractivity contribution < 1.29 is 0 Å². The topological polar surface area (TPSA) is 35.8 Å². The van der Waals surface area contributed by atoms with E-state index in [1.807, 2.05) is 25.1 Å². The van der Waals surface area contributed by atoms with Crippen LogP contribution in [0, 0.1) is 23.7 Å². The van der Waals surface area contributed by atoms with Gasteiger partial charge in [-0.2, -0.15) is 5.26 Å². The Morgan fingerprint density at radius 3 is 2.60 bits per heavy atom. The molecule has 0 fully saturated rings. The largest absolute Gasteiger partial charge is 0.370 e. The number of rotatable bonds is 5. The number of nitrogens with one attached hydrogen (secondary N) is 1. The lowest BCUT2D eigenvalue weighted by Crippen LogP contribution is -2.22. The quantitative estimate of drug-likeness (QED) is 0.837. The number of benzene rings is 1. The summed E-state index contributed by atoms with van der Waals surface area (Å²) in [6, 6.07) is 7.98. The Bertz CT molecular complexity index is 542. The molecule has 0 aliphatic heterocycles. The van der Waals surface area contributed by atoms with Crippen molar-refractivity contribution in [1.29, 1.82) is 5.26 Å². The van der Waals surface area contributed by atoms with Crippen LogP contribution in [0.25, 0.3) is 6.08 Å². The van der Waals surface area contributed by atoms with Crippen LogP contribution in [0.3, 0.4) is 0 Å². The third-order valence-corrected chi connectivity index (χ3v) is 2.99. The highest BCUT2D eigenvalue weighted by atomic mass is 14.9. The predicted octanol–water partition coefficient (Wildman–Crippen LogP) is 4.74. The van der Waals surface area contributed by atoms with Crippen LogP contribution in [0.4, 0.5) is 0 Å². The van der Waals surface area contributed by atoms with E-state index in [1.54, 1.807) is 6.08 Å². The van der Waals surface area contributed by atoms with Gasteiger partial charge in [-0.1, -0.05) is 63.8 Å². The van der Waals surface area contributed by atoms with E-state index in [9.17, 15) is 5.26 Å². The lowest BCUT2D eigenvalue weighted by molar-refractivity contribution is 0.396. The maximum atomic E-state index is 9.45. The monoisotopic (exact) mass is 268 g/mol. The molecular formula is C18H24N2. The van der Waals surface area contributed by atoms with Crippen LogP contribution in [0.1, 0.15) is 49.9 Å². The third kappa shape index (κ3) is 4.59. The molecule has 106 valence electrons. The molecule has 1 atom stereocenters. The molecular weight excluding hydrogens is 244 g/mol. The molecule has 0 saturated carbocycles. The van der Waals surface area contributed by atoms with E-state index in [4.69, 9.17) is 0 Å². The van der Waals surface area contributed by atoms with Gasteiger partial charge in [-0.3, -0.25) is 0 Å². The first-order chi connectivity index (χ1) is 9.26. The molecule has 0 saturated heterocycles. The molecule has 0 aromatic heterocycles. The average molecular weight is 268 g/mol. The smallest absolute Gasteiger partial charge is 0.140 e. The maximum Gasteiger partial charge on any atom is 0.140 e. The molecule has 0 amide bonds. The van der Waals surface area contributed by atoms with Crippen molar-refractivity contribution >= 4 is 6.08 Å². The Labute approximate surface area is 122 Å². The minimum absolute atomic E-state index is 0.151. The van der Waals surface area contributed by atoms with Crippen molar-refractivity contribution in [3.05, 3.63) is 53.7 Å². The van der Waals surface area contributed by atoms with Crippen molar-refractivity contribution in [1.82, 2.24) is 5.32 Å². The van der Waals surface area contributed by atoms with Crippen molar-refractivity contribution in [3.8, 4) is 6.07 Å². The van der Waals surface area contributed by atoms with Gasteiger partial charge in [0.15, 0.2) is 0 Å². The number of hydrogen-bond donors (Lipinski definition) is 1. The summed E-state index contributed by atoms with van der Waals surface area (Å²) in [7, 11) is 0. The molecule has 1 unspecified atom stereocenters. The Kier molecular flexibility index (Phi) is 5.16. The standard InChI is InChI=1S/C18H24N2/c1-7-15-9-8-13(2)10-16(15)17(12-19)20-14(3)11-18(4,5)6/h7-10,17,20H,1,3,11H2,2,4-6H3. The summed E-state index contributed by atoms with van der Waals surface area (Å²) >= 11 is 0. The van der Waals surface area contributed by atoms with E-state index in [-0.39, 0.29) is 5.41 Å². The minimum atomic E-state index is -0.391. The van der Waals surface area contributed by atoms with Gasteiger partial charge in [-0.25, -0.2) is 0 Å². The molecule has 0 spiro atoms. The Balaban J connectivity index is 2.98. The summed E-state index contributed by atoms with van der Waals surface area (Å²) in [5.74, 6) is 0. The molecule has 1 aromatic rings. The lowest BCUT2D eigenvalue weighted by atomic mass is 9.90. The fourth-order valence-corrected chi connectivity index (χ4v) is 2.20. The van der Waals surface area contributed by atoms with Gasteiger partial charge in [0.25, 0.3) is 0 Å². The second-order valence-corrected chi connectivity index (χ2v) is 6.38. The maximum absolute atomic E-state index is 9.45. The first-order valence-electron chi connectivity index (χ1n) is 6.84. The summed E-state index contributed by atoms with van der Waals surface area (Å²) in [5, 5.41) is 12.7. The first-order valence-corrected chi connectivity index (χ1v) is 6.84. The highest BCUT2D eigenvalue weighted by Crippen LogP contribution is 2.26. The summed E-state index contributed by atoms with van der Waals surface area (Å²) in [5.41, 5.74) is 4.11. The SMILES string of the molecule is C=Cc1ccc(C)cc1C(C#N)NC(=C)CC(C)(C)C. The van der Waals surface area contributed by atoms with E-state index in [0.29, 0.717) is 0 Å². The molecule has 2 nitrogen and oxygen atoms in total. The number of nitriles is 1. The Morgan fingerprint density at radius 2 is 2.10 bits per heavy atom. The molecule has 0 aliphatic rings. The zero-order valence-corrected chi connectivity index (χ0v) is 13.0. The zero-order valence-electron chi connectivity index (χ0n) is 13.0. The molecule has 0 aliphatic carbocycles. The highest BCUT2D eigenvalue weighted by molar-refractivity contribution is 5.55. The summed E-state index contributed by atoms with van der Waals surface area (Å²) in [6.45, 7) is 16.4. The van der Waals surface area contributed by atoms with Crippen LogP contribution >= 0.6 is 0 Å². The van der Waals surface area contributed by atoms with Gasteiger partial charge in [0.05, 0.1) is 6.07 Å². The minimum Gasteiger partial charge on any atom is -0.370 e. The summed E-state index contributed by atoms with van der Waals surface area (Å²) < 4.78 is 0. The van der Waals surface area contributed by atoms with Gasteiger partial charge in [-0.05, 0) is 29.9 Å². The number of allylic oxidation sites excluding steroid dienone is 1. The fraction of sp³-hybridized carbons (Fsp3) is 0.389. The van der Waals surface area contributed by atoms with Crippen molar-refractivity contribution in [2.75, 3.05) is 0 Å². The Morgan fingerprint density at radius 1 is 1.45 bits per heavy atom. The van der Waals surface area contributed by atoms with Crippen LogP contribution in [0.5, 0.6) is 0 Å². The number of hydrogen-bond acceptors (Lipinski definition) is 2. The molecule has 20 heavy (non-hydrogen) atoms. The van der Waals surface area contributed by atoms with E-state index < -0.39 is 6.04 Å². The van der Waals surface area contributed by atoms with Crippen LogP contribution in [0.2, 0.25) is 0 Å². The molecule has 0 bridgehead atoms.